The Kier molecular flexibility index (Phi) is 5.54. The first kappa shape index (κ1) is 18.6. The lowest BCUT2D eigenvalue weighted by Crippen LogP contribution is -2.37. The van der Waals surface area contributed by atoms with Crippen molar-refractivity contribution >= 4 is 17.8 Å². The van der Waals surface area contributed by atoms with Gasteiger partial charge in [-0.2, -0.15) is 5.10 Å². The number of carbonyl (C=O) groups excluding carboxylic acids is 3. The summed E-state index contributed by atoms with van der Waals surface area (Å²) in [5, 5.41) is 9.79. The van der Waals surface area contributed by atoms with Gasteiger partial charge < -0.3 is 10.2 Å². The second kappa shape index (κ2) is 8.03. The lowest BCUT2D eigenvalue weighted by atomic mass is 10.1. The van der Waals surface area contributed by atoms with Crippen LogP contribution in [0.3, 0.4) is 0 Å². The smallest absolute Gasteiger partial charge is 0.324 e. The molecule has 2 heterocycles. The molecule has 0 aliphatic carbocycles. The number of benzene rings is 1. The van der Waals surface area contributed by atoms with Crippen molar-refractivity contribution in [3.8, 4) is 11.3 Å². The highest BCUT2D eigenvalue weighted by molar-refractivity contribution is 6.05. The Hall–Kier alpha value is -3.16. The van der Waals surface area contributed by atoms with E-state index in [1.165, 1.54) is 9.80 Å². The van der Waals surface area contributed by atoms with Gasteiger partial charge in [-0.3, -0.25) is 19.6 Å². The lowest BCUT2D eigenvalue weighted by Gasteiger charge is -2.18. The van der Waals surface area contributed by atoms with E-state index in [9.17, 15) is 14.4 Å². The third kappa shape index (κ3) is 4.16. The molecular weight excluding hydrogens is 346 g/mol. The Labute approximate surface area is 157 Å². The molecule has 1 atom stereocenters. The third-order valence-corrected chi connectivity index (χ3v) is 4.47. The highest BCUT2D eigenvalue weighted by Gasteiger charge is 2.38. The van der Waals surface area contributed by atoms with Crippen LogP contribution in [0.2, 0.25) is 0 Å². The van der Waals surface area contributed by atoms with Crippen LogP contribution in [0, 0.1) is 0 Å². The number of rotatable bonds is 7. The zero-order valence-corrected chi connectivity index (χ0v) is 15.4. The van der Waals surface area contributed by atoms with Gasteiger partial charge in [-0.05, 0) is 12.5 Å². The highest BCUT2D eigenvalue weighted by atomic mass is 16.2. The van der Waals surface area contributed by atoms with Crippen molar-refractivity contribution in [3.63, 3.8) is 0 Å². The molecule has 2 N–H and O–H groups in total. The molecule has 0 unspecified atom stereocenters. The Morgan fingerprint density at radius 1 is 1.26 bits per heavy atom. The third-order valence-electron chi connectivity index (χ3n) is 4.47. The Morgan fingerprint density at radius 2 is 2.00 bits per heavy atom. The molecule has 2 aromatic rings. The van der Waals surface area contributed by atoms with E-state index in [2.05, 4.69) is 15.5 Å². The van der Waals surface area contributed by atoms with Gasteiger partial charge in [0.1, 0.15) is 6.04 Å². The molecule has 0 spiro atoms. The van der Waals surface area contributed by atoms with Gasteiger partial charge in [0.25, 0.3) is 5.91 Å². The van der Waals surface area contributed by atoms with Crippen LogP contribution in [-0.2, 0) is 16.1 Å². The summed E-state index contributed by atoms with van der Waals surface area (Å²) in [4.78, 5) is 39.2. The molecule has 142 valence electrons. The standard InChI is InChI=1S/C19H23N5O3/c1-3-9-24-18(26)16(20-19(24)27)11-17(25)23(2)12-14-10-15(22-21-14)13-7-5-4-6-8-13/h4-8,10,16H,3,9,11-12H2,1-2H3,(H,20,27)(H,21,22)/t16-/m0/s1. The lowest BCUT2D eigenvalue weighted by molar-refractivity contribution is -0.135. The largest absolute Gasteiger partial charge is 0.340 e. The van der Waals surface area contributed by atoms with Crippen molar-refractivity contribution in [3.05, 3.63) is 42.1 Å². The van der Waals surface area contributed by atoms with E-state index in [0.29, 0.717) is 19.5 Å². The maximum atomic E-state index is 12.5. The number of urea groups is 1. The van der Waals surface area contributed by atoms with Gasteiger partial charge >= 0.3 is 6.03 Å². The number of H-pyrrole nitrogens is 1. The summed E-state index contributed by atoms with van der Waals surface area (Å²) in [6, 6.07) is 10.4. The van der Waals surface area contributed by atoms with Crippen molar-refractivity contribution in [2.45, 2.75) is 32.4 Å². The van der Waals surface area contributed by atoms with E-state index in [-0.39, 0.29) is 18.2 Å². The first-order valence-electron chi connectivity index (χ1n) is 8.95. The first-order valence-corrected chi connectivity index (χ1v) is 8.95. The molecule has 0 bridgehead atoms. The summed E-state index contributed by atoms with van der Waals surface area (Å²) in [7, 11) is 1.66. The van der Waals surface area contributed by atoms with E-state index in [1.807, 2.05) is 43.3 Å². The van der Waals surface area contributed by atoms with E-state index in [0.717, 1.165) is 17.0 Å². The topological polar surface area (TPSA) is 98.4 Å². The van der Waals surface area contributed by atoms with Gasteiger partial charge in [-0.25, -0.2) is 4.79 Å². The van der Waals surface area contributed by atoms with Crippen LogP contribution in [0.15, 0.2) is 36.4 Å². The van der Waals surface area contributed by atoms with Crippen molar-refractivity contribution in [2.75, 3.05) is 13.6 Å². The summed E-state index contributed by atoms with van der Waals surface area (Å²) in [6.45, 7) is 2.59. The Morgan fingerprint density at radius 3 is 2.70 bits per heavy atom. The maximum absolute atomic E-state index is 12.5. The Bertz CT molecular complexity index is 833. The summed E-state index contributed by atoms with van der Waals surface area (Å²) in [6.07, 6.45) is 0.629. The Balaban J connectivity index is 1.58. The van der Waals surface area contributed by atoms with Gasteiger partial charge in [-0.15, -0.1) is 0 Å². The second-order valence-electron chi connectivity index (χ2n) is 6.59. The number of hydrogen-bond donors (Lipinski definition) is 2. The number of nitrogens with one attached hydrogen (secondary N) is 2. The average Bonchev–Trinajstić information content (AvgIpc) is 3.23. The van der Waals surface area contributed by atoms with Crippen LogP contribution in [0.1, 0.15) is 25.5 Å². The fraction of sp³-hybridized carbons (Fsp3) is 0.368. The molecule has 1 aromatic carbocycles. The SMILES string of the molecule is CCCN1C(=O)N[C@@H](CC(=O)N(C)Cc2cc(-c3ccccc3)n[nH]2)C1=O. The fourth-order valence-electron chi connectivity index (χ4n) is 3.02. The predicted octanol–water partition coefficient (Wildman–Crippen LogP) is 1.76. The van der Waals surface area contributed by atoms with Crippen molar-refractivity contribution in [1.82, 2.24) is 25.3 Å². The number of amides is 4. The molecule has 8 heteroatoms. The van der Waals surface area contributed by atoms with Gasteiger partial charge in [0.2, 0.25) is 5.91 Å². The molecule has 8 nitrogen and oxygen atoms in total. The number of hydrogen-bond acceptors (Lipinski definition) is 4. The molecule has 27 heavy (non-hydrogen) atoms. The number of aromatic amines is 1. The van der Waals surface area contributed by atoms with E-state index < -0.39 is 12.1 Å². The van der Waals surface area contributed by atoms with Gasteiger partial charge in [0.05, 0.1) is 24.4 Å². The van der Waals surface area contributed by atoms with Crippen molar-refractivity contribution in [2.24, 2.45) is 0 Å². The van der Waals surface area contributed by atoms with Gasteiger partial charge in [0, 0.05) is 19.2 Å². The summed E-state index contributed by atoms with van der Waals surface area (Å²) < 4.78 is 0. The first-order chi connectivity index (χ1) is 13.0. The van der Waals surface area contributed by atoms with Crippen molar-refractivity contribution in [1.29, 1.82) is 0 Å². The van der Waals surface area contributed by atoms with Crippen LogP contribution in [0.5, 0.6) is 0 Å². The molecule has 1 fully saturated rings. The minimum Gasteiger partial charge on any atom is -0.340 e. The molecular formula is C19H23N5O3. The van der Waals surface area contributed by atoms with Crippen LogP contribution in [0.25, 0.3) is 11.3 Å². The fourth-order valence-corrected chi connectivity index (χ4v) is 3.02. The predicted molar refractivity (Wildman–Crippen MR) is 99.4 cm³/mol. The molecule has 1 saturated heterocycles. The summed E-state index contributed by atoms with van der Waals surface area (Å²) in [5.74, 6) is -0.556. The van der Waals surface area contributed by atoms with E-state index in [1.54, 1.807) is 7.05 Å². The van der Waals surface area contributed by atoms with Crippen LogP contribution >= 0.6 is 0 Å². The van der Waals surface area contributed by atoms with Crippen molar-refractivity contribution < 1.29 is 14.4 Å². The minimum atomic E-state index is -0.791. The van der Waals surface area contributed by atoms with Crippen LogP contribution < -0.4 is 5.32 Å². The molecule has 1 aliphatic rings. The van der Waals surface area contributed by atoms with Crippen LogP contribution in [-0.4, -0.2) is 57.5 Å². The second-order valence-corrected chi connectivity index (χ2v) is 6.59. The number of carbonyl (C=O) groups is 3. The normalized spacial score (nSPS) is 16.5. The monoisotopic (exact) mass is 369 g/mol. The van der Waals surface area contributed by atoms with Crippen LogP contribution in [0.4, 0.5) is 4.79 Å². The molecule has 4 amide bonds. The van der Waals surface area contributed by atoms with Gasteiger partial charge in [0.15, 0.2) is 0 Å². The van der Waals surface area contributed by atoms with E-state index in [4.69, 9.17) is 0 Å². The molecule has 1 aliphatic heterocycles. The zero-order chi connectivity index (χ0) is 19.4. The maximum Gasteiger partial charge on any atom is 0.324 e. The highest BCUT2D eigenvalue weighted by Crippen LogP contribution is 2.18. The number of imide groups is 1. The summed E-state index contributed by atoms with van der Waals surface area (Å²) >= 11 is 0. The van der Waals surface area contributed by atoms with E-state index >= 15 is 0 Å². The number of nitrogens with zero attached hydrogens (tertiary/aromatic N) is 3. The molecule has 3 rings (SSSR count). The number of aromatic nitrogens is 2. The minimum absolute atomic E-state index is 0.0546. The average molecular weight is 369 g/mol. The zero-order valence-electron chi connectivity index (χ0n) is 15.4. The molecule has 0 radical (unpaired) electrons. The van der Waals surface area contributed by atoms with Gasteiger partial charge in [-0.1, -0.05) is 37.3 Å². The summed E-state index contributed by atoms with van der Waals surface area (Å²) in [5.41, 5.74) is 2.59. The molecule has 1 aromatic heterocycles. The quantitative estimate of drug-likeness (QED) is 0.727. The molecule has 0 saturated carbocycles.